The fourth-order valence-corrected chi connectivity index (χ4v) is 2.01. The van der Waals surface area contributed by atoms with Crippen molar-refractivity contribution in [1.82, 2.24) is 4.98 Å². The maximum Gasteiger partial charge on any atom is 0.397 e. The van der Waals surface area contributed by atoms with Crippen LogP contribution in [0.4, 0.5) is 13.2 Å². The van der Waals surface area contributed by atoms with E-state index in [9.17, 15) is 13.2 Å². The zero-order valence-electron chi connectivity index (χ0n) is 8.68. The summed E-state index contributed by atoms with van der Waals surface area (Å²) in [4.78, 5) is 2.79. The Balaban J connectivity index is 2.58. The minimum atomic E-state index is -4.35. The minimum absolute atomic E-state index is 0.137. The van der Waals surface area contributed by atoms with Crippen LogP contribution in [0, 0.1) is 0 Å². The molecule has 2 aromatic rings. The number of nitrogens with one attached hydrogen (secondary N) is 1. The van der Waals surface area contributed by atoms with Gasteiger partial charge in [-0.3, -0.25) is 0 Å². The fraction of sp³-hybridized carbons (Fsp3) is 0.273. The van der Waals surface area contributed by atoms with Gasteiger partial charge in [0.25, 0.3) is 0 Å². The highest BCUT2D eigenvalue weighted by atomic mass is 35.5. The molecule has 1 aromatic heterocycles. The lowest BCUT2D eigenvalue weighted by atomic mass is 9.98. The summed E-state index contributed by atoms with van der Waals surface area (Å²) in [5.74, 6) is -1.67. The van der Waals surface area contributed by atoms with E-state index in [0.29, 0.717) is 15.9 Å². The molecule has 0 aliphatic carbocycles. The van der Waals surface area contributed by atoms with Gasteiger partial charge in [-0.15, -0.1) is 0 Å². The molecule has 0 radical (unpaired) electrons. The predicted molar refractivity (Wildman–Crippen MR) is 61.2 cm³/mol. The molecule has 0 aliphatic rings. The Morgan fingerprint density at radius 3 is 2.65 bits per heavy atom. The van der Waals surface area contributed by atoms with Crippen molar-refractivity contribution in [3.63, 3.8) is 0 Å². The Labute approximate surface area is 101 Å². The largest absolute Gasteiger partial charge is 0.397 e. The molecule has 92 valence electrons. The number of halogens is 4. The van der Waals surface area contributed by atoms with Gasteiger partial charge < -0.3 is 10.7 Å². The standard InChI is InChI=1S/C11H10ClF3N2/c12-6-1-2-10-7(3-6)8(5-17-10)9(4-16)11(13,14)15/h1-3,5,9,17H,4,16H2. The third-order valence-electron chi connectivity index (χ3n) is 2.68. The molecule has 1 aromatic carbocycles. The second kappa shape index (κ2) is 4.23. The maximum absolute atomic E-state index is 12.8. The molecule has 1 unspecified atom stereocenters. The van der Waals surface area contributed by atoms with Crippen LogP contribution in [0.5, 0.6) is 0 Å². The summed E-state index contributed by atoms with van der Waals surface area (Å²) in [7, 11) is 0. The topological polar surface area (TPSA) is 41.8 Å². The van der Waals surface area contributed by atoms with E-state index >= 15 is 0 Å². The van der Waals surface area contributed by atoms with E-state index < -0.39 is 18.6 Å². The van der Waals surface area contributed by atoms with E-state index in [-0.39, 0.29) is 5.56 Å². The van der Waals surface area contributed by atoms with Gasteiger partial charge in [-0.2, -0.15) is 13.2 Å². The molecule has 6 heteroatoms. The predicted octanol–water partition coefficient (Wildman–Crippen LogP) is 3.43. The Bertz CT molecular complexity index is 533. The average molecular weight is 263 g/mol. The summed E-state index contributed by atoms with van der Waals surface area (Å²) in [6, 6.07) is 4.78. The summed E-state index contributed by atoms with van der Waals surface area (Å²) in [6.07, 6.45) is -3.02. The lowest BCUT2D eigenvalue weighted by Crippen LogP contribution is -2.27. The van der Waals surface area contributed by atoms with Crippen molar-refractivity contribution in [3.8, 4) is 0 Å². The van der Waals surface area contributed by atoms with Crippen LogP contribution in [0.2, 0.25) is 5.02 Å². The van der Waals surface area contributed by atoms with Crippen LogP contribution in [0.25, 0.3) is 10.9 Å². The monoisotopic (exact) mass is 262 g/mol. The zero-order valence-corrected chi connectivity index (χ0v) is 9.44. The molecule has 2 nitrogen and oxygen atoms in total. The quantitative estimate of drug-likeness (QED) is 0.855. The number of hydrogen-bond donors (Lipinski definition) is 2. The number of benzene rings is 1. The van der Waals surface area contributed by atoms with Crippen molar-refractivity contribution in [2.75, 3.05) is 6.54 Å². The van der Waals surface area contributed by atoms with Gasteiger partial charge in [-0.1, -0.05) is 11.6 Å². The smallest absolute Gasteiger partial charge is 0.361 e. The first-order chi connectivity index (χ1) is 7.93. The highest BCUT2D eigenvalue weighted by Crippen LogP contribution is 2.37. The second-order valence-electron chi connectivity index (χ2n) is 3.76. The first kappa shape index (κ1) is 12.3. The summed E-state index contributed by atoms with van der Waals surface area (Å²) < 4.78 is 38.4. The normalized spacial score (nSPS) is 14.2. The van der Waals surface area contributed by atoms with Crippen molar-refractivity contribution >= 4 is 22.5 Å². The number of nitrogens with two attached hydrogens (primary N) is 1. The van der Waals surface area contributed by atoms with Gasteiger partial charge >= 0.3 is 6.18 Å². The van der Waals surface area contributed by atoms with Gasteiger partial charge in [0.05, 0.1) is 5.92 Å². The fourth-order valence-electron chi connectivity index (χ4n) is 1.84. The van der Waals surface area contributed by atoms with Gasteiger partial charge in [-0.25, -0.2) is 0 Å². The molecule has 0 spiro atoms. The van der Waals surface area contributed by atoms with Gasteiger partial charge in [0, 0.05) is 28.7 Å². The Hall–Kier alpha value is -1.20. The highest BCUT2D eigenvalue weighted by Gasteiger charge is 2.40. The molecule has 0 aliphatic heterocycles. The highest BCUT2D eigenvalue weighted by molar-refractivity contribution is 6.31. The molecule has 0 fully saturated rings. The Morgan fingerprint density at radius 1 is 1.35 bits per heavy atom. The number of aromatic amines is 1. The lowest BCUT2D eigenvalue weighted by molar-refractivity contribution is -0.147. The second-order valence-corrected chi connectivity index (χ2v) is 4.20. The average Bonchev–Trinajstić information content (AvgIpc) is 2.60. The van der Waals surface area contributed by atoms with Crippen LogP contribution in [-0.2, 0) is 0 Å². The third kappa shape index (κ3) is 2.25. The van der Waals surface area contributed by atoms with E-state index in [4.69, 9.17) is 17.3 Å². The van der Waals surface area contributed by atoms with Crippen LogP contribution < -0.4 is 5.73 Å². The number of rotatable bonds is 2. The first-order valence-corrected chi connectivity index (χ1v) is 5.34. The maximum atomic E-state index is 12.8. The summed E-state index contributed by atoms with van der Waals surface area (Å²) in [6.45, 7) is -0.483. The SMILES string of the molecule is NCC(c1c[nH]c2ccc(Cl)cc12)C(F)(F)F. The Morgan fingerprint density at radius 2 is 2.06 bits per heavy atom. The van der Waals surface area contributed by atoms with Gasteiger partial charge in [-0.05, 0) is 23.8 Å². The van der Waals surface area contributed by atoms with Crippen molar-refractivity contribution in [2.45, 2.75) is 12.1 Å². The molecule has 3 N–H and O–H groups in total. The van der Waals surface area contributed by atoms with Crippen molar-refractivity contribution in [3.05, 3.63) is 35.0 Å². The molecule has 0 bridgehead atoms. The molecular formula is C11H10ClF3N2. The van der Waals surface area contributed by atoms with Crippen molar-refractivity contribution in [1.29, 1.82) is 0 Å². The molecule has 2 rings (SSSR count). The third-order valence-corrected chi connectivity index (χ3v) is 2.92. The minimum Gasteiger partial charge on any atom is -0.361 e. The molecule has 0 amide bonds. The summed E-state index contributed by atoms with van der Waals surface area (Å²) in [5, 5.41) is 0.863. The van der Waals surface area contributed by atoms with Crippen LogP contribution >= 0.6 is 11.6 Å². The van der Waals surface area contributed by atoms with Crippen LogP contribution in [0.3, 0.4) is 0 Å². The van der Waals surface area contributed by atoms with Crippen molar-refractivity contribution in [2.24, 2.45) is 5.73 Å². The van der Waals surface area contributed by atoms with Crippen molar-refractivity contribution < 1.29 is 13.2 Å². The van der Waals surface area contributed by atoms with E-state index in [1.807, 2.05) is 0 Å². The summed E-state index contributed by atoms with van der Waals surface area (Å²) >= 11 is 5.78. The zero-order chi connectivity index (χ0) is 12.6. The molecule has 1 heterocycles. The van der Waals surface area contributed by atoms with E-state index in [2.05, 4.69) is 4.98 Å². The molecule has 0 saturated carbocycles. The number of H-pyrrole nitrogens is 1. The molecule has 17 heavy (non-hydrogen) atoms. The molecular weight excluding hydrogens is 253 g/mol. The van der Waals surface area contributed by atoms with Crippen LogP contribution in [0.1, 0.15) is 11.5 Å². The van der Waals surface area contributed by atoms with Gasteiger partial charge in [0.15, 0.2) is 0 Å². The number of fused-ring (bicyclic) bond motifs is 1. The van der Waals surface area contributed by atoms with E-state index in [1.165, 1.54) is 12.3 Å². The molecule has 1 atom stereocenters. The number of aromatic nitrogens is 1. The van der Waals surface area contributed by atoms with Gasteiger partial charge in [0.2, 0.25) is 0 Å². The van der Waals surface area contributed by atoms with E-state index in [1.54, 1.807) is 12.1 Å². The van der Waals surface area contributed by atoms with Crippen LogP contribution in [0.15, 0.2) is 24.4 Å². The van der Waals surface area contributed by atoms with Crippen LogP contribution in [-0.4, -0.2) is 17.7 Å². The lowest BCUT2D eigenvalue weighted by Gasteiger charge is -2.17. The first-order valence-electron chi connectivity index (χ1n) is 4.97. The number of hydrogen-bond acceptors (Lipinski definition) is 1. The Kier molecular flexibility index (Phi) is 3.05. The van der Waals surface area contributed by atoms with Gasteiger partial charge in [0.1, 0.15) is 0 Å². The number of alkyl halides is 3. The summed E-state index contributed by atoms with van der Waals surface area (Å²) in [5.41, 5.74) is 5.97. The molecule has 0 saturated heterocycles. The van der Waals surface area contributed by atoms with E-state index in [0.717, 1.165) is 0 Å².